The summed E-state index contributed by atoms with van der Waals surface area (Å²) in [4.78, 5) is 40.0. The van der Waals surface area contributed by atoms with E-state index in [-0.39, 0.29) is 23.9 Å². The Morgan fingerprint density at radius 1 is 1.11 bits per heavy atom. The molecule has 0 fully saturated rings. The number of nitrogens with one attached hydrogen (secondary N) is 1. The molecule has 7 heteroatoms. The van der Waals surface area contributed by atoms with Gasteiger partial charge in [0, 0.05) is 39.7 Å². The molecule has 0 saturated heterocycles. The lowest BCUT2D eigenvalue weighted by Gasteiger charge is -2.37. The first-order valence-electron chi connectivity index (χ1n) is 8.94. The number of amides is 3. The second-order valence-electron chi connectivity index (χ2n) is 7.03. The van der Waals surface area contributed by atoms with E-state index in [1.165, 1.54) is 34.9 Å². The van der Waals surface area contributed by atoms with Crippen molar-refractivity contribution in [2.24, 2.45) is 0 Å². The Morgan fingerprint density at radius 2 is 1.82 bits per heavy atom. The molecule has 146 valence electrons. The molecule has 1 unspecified atom stereocenters. The van der Waals surface area contributed by atoms with Crippen molar-refractivity contribution in [1.29, 1.82) is 0 Å². The third-order valence-electron chi connectivity index (χ3n) is 4.75. The predicted molar refractivity (Wildman–Crippen MR) is 103 cm³/mol. The Morgan fingerprint density at radius 3 is 2.46 bits per heavy atom. The summed E-state index contributed by atoms with van der Waals surface area (Å²) in [5.74, 6) is -1.58. The molecule has 2 aromatic rings. The molecule has 1 N–H and O–H groups in total. The monoisotopic (exact) mass is 383 g/mol. The Balaban J connectivity index is 2.00. The fraction of sp³-hybridized carbons (Fsp3) is 0.286. The second-order valence-corrected chi connectivity index (χ2v) is 7.03. The molecular formula is C21H22FN3O3. The number of rotatable bonds is 3. The van der Waals surface area contributed by atoms with Crippen LogP contribution in [0.25, 0.3) is 0 Å². The Bertz CT molecular complexity index is 942. The van der Waals surface area contributed by atoms with Crippen molar-refractivity contribution in [2.75, 3.05) is 19.4 Å². The van der Waals surface area contributed by atoms with Gasteiger partial charge in [-0.1, -0.05) is 18.2 Å². The number of benzene rings is 2. The van der Waals surface area contributed by atoms with E-state index in [4.69, 9.17) is 0 Å². The van der Waals surface area contributed by atoms with Gasteiger partial charge in [0.2, 0.25) is 11.8 Å². The maximum atomic E-state index is 14.2. The van der Waals surface area contributed by atoms with Crippen LogP contribution < -0.4 is 5.32 Å². The van der Waals surface area contributed by atoms with Gasteiger partial charge in [0.15, 0.2) is 0 Å². The van der Waals surface area contributed by atoms with Crippen molar-refractivity contribution in [2.45, 2.75) is 25.9 Å². The molecule has 1 aliphatic heterocycles. The molecule has 1 aliphatic rings. The van der Waals surface area contributed by atoms with Crippen LogP contribution in [0.2, 0.25) is 0 Å². The van der Waals surface area contributed by atoms with Gasteiger partial charge in [-0.25, -0.2) is 4.39 Å². The third kappa shape index (κ3) is 3.88. The molecule has 1 atom stereocenters. The van der Waals surface area contributed by atoms with Gasteiger partial charge in [0.1, 0.15) is 11.9 Å². The maximum Gasteiger partial charge on any atom is 0.257 e. The lowest BCUT2D eigenvalue weighted by molar-refractivity contribution is -0.134. The van der Waals surface area contributed by atoms with Crippen molar-refractivity contribution in [3.8, 4) is 0 Å². The molecule has 0 spiro atoms. The zero-order valence-electron chi connectivity index (χ0n) is 16.0. The van der Waals surface area contributed by atoms with Crippen LogP contribution in [0, 0.1) is 5.82 Å². The Labute approximate surface area is 162 Å². The van der Waals surface area contributed by atoms with Gasteiger partial charge in [-0.3, -0.25) is 14.4 Å². The zero-order valence-corrected chi connectivity index (χ0v) is 16.0. The minimum atomic E-state index is -0.721. The standard InChI is InChI=1S/C21H22FN3O3/c1-13(26)23-16-9-8-14-11-19(21(28)24(2)3)25(12-15(14)10-16)20(27)17-6-4-5-7-18(17)22/h4-10,19H,11-12H2,1-3H3,(H,23,26). The van der Waals surface area contributed by atoms with Crippen LogP contribution in [0.3, 0.4) is 0 Å². The summed E-state index contributed by atoms with van der Waals surface area (Å²) in [6.45, 7) is 1.57. The van der Waals surface area contributed by atoms with Crippen molar-refractivity contribution in [3.05, 3.63) is 65.0 Å². The highest BCUT2D eigenvalue weighted by Crippen LogP contribution is 2.28. The number of hydrogen-bond acceptors (Lipinski definition) is 3. The summed E-state index contributed by atoms with van der Waals surface area (Å²) in [7, 11) is 3.26. The van der Waals surface area contributed by atoms with E-state index in [1.54, 1.807) is 32.3 Å². The number of carbonyl (C=O) groups is 3. The van der Waals surface area contributed by atoms with Gasteiger partial charge in [-0.05, 0) is 35.4 Å². The number of halogens is 1. The van der Waals surface area contributed by atoms with Crippen molar-refractivity contribution in [3.63, 3.8) is 0 Å². The summed E-state index contributed by atoms with van der Waals surface area (Å²) in [5, 5.41) is 2.71. The Kier molecular flexibility index (Phi) is 5.44. The van der Waals surface area contributed by atoms with Crippen LogP contribution in [0.15, 0.2) is 42.5 Å². The number of carbonyl (C=O) groups excluding carboxylic acids is 3. The molecule has 1 heterocycles. The van der Waals surface area contributed by atoms with Crippen molar-refractivity contribution >= 4 is 23.4 Å². The predicted octanol–water partition coefficient (Wildman–Crippen LogP) is 2.44. The third-order valence-corrected chi connectivity index (χ3v) is 4.75. The smallest absolute Gasteiger partial charge is 0.257 e. The fourth-order valence-corrected chi connectivity index (χ4v) is 3.39. The average Bonchev–Trinajstić information content (AvgIpc) is 2.65. The van der Waals surface area contributed by atoms with E-state index >= 15 is 0 Å². The van der Waals surface area contributed by atoms with Crippen LogP contribution in [0.5, 0.6) is 0 Å². The first-order chi connectivity index (χ1) is 13.3. The molecule has 0 aliphatic carbocycles. The van der Waals surface area contributed by atoms with Gasteiger partial charge in [-0.2, -0.15) is 0 Å². The minimum Gasteiger partial charge on any atom is -0.347 e. The number of anilines is 1. The van der Waals surface area contributed by atoms with E-state index < -0.39 is 17.8 Å². The van der Waals surface area contributed by atoms with Crippen LogP contribution in [-0.4, -0.2) is 47.7 Å². The molecule has 0 aromatic heterocycles. The number of fused-ring (bicyclic) bond motifs is 1. The van der Waals surface area contributed by atoms with Crippen LogP contribution >= 0.6 is 0 Å². The van der Waals surface area contributed by atoms with Gasteiger partial charge < -0.3 is 15.1 Å². The van der Waals surface area contributed by atoms with Crippen molar-refractivity contribution < 1.29 is 18.8 Å². The van der Waals surface area contributed by atoms with Crippen LogP contribution in [0.4, 0.5) is 10.1 Å². The van der Waals surface area contributed by atoms with E-state index in [0.29, 0.717) is 12.1 Å². The normalized spacial score (nSPS) is 15.6. The minimum absolute atomic E-state index is 0.0690. The largest absolute Gasteiger partial charge is 0.347 e. The zero-order chi connectivity index (χ0) is 20.4. The highest BCUT2D eigenvalue weighted by Gasteiger charge is 2.36. The molecule has 6 nitrogen and oxygen atoms in total. The molecule has 3 rings (SSSR count). The molecule has 0 bridgehead atoms. The number of likely N-dealkylation sites (N-methyl/N-ethyl adjacent to an activating group) is 1. The van der Waals surface area contributed by atoms with E-state index in [9.17, 15) is 18.8 Å². The lowest BCUT2D eigenvalue weighted by atomic mass is 9.92. The average molecular weight is 383 g/mol. The summed E-state index contributed by atoms with van der Waals surface area (Å²) < 4.78 is 14.2. The van der Waals surface area contributed by atoms with Gasteiger partial charge >= 0.3 is 0 Å². The van der Waals surface area contributed by atoms with E-state index in [0.717, 1.165) is 11.1 Å². The number of nitrogens with zero attached hydrogens (tertiary/aromatic N) is 2. The first kappa shape index (κ1) is 19.5. The summed E-state index contributed by atoms with van der Waals surface area (Å²) in [6.07, 6.45) is 0.326. The SMILES string of the molecule is CC(=O)Nc1ccc2c(c1)CN(C(=O)c1ccccc1F)C(C(=O)N(C)C)C2. The number of hydrogen-bond donors (Lipinski definition) is 1. The van der Waals surface area contributed by atoms with Gasteiger partial charge in [0.05, 0.1) is 5.56 Å². The fourth-order valence-electron chi connectivity index (χ4n) is 3.39. The van der Waals surface area contributed by atoms with Crippen LogP contribution in [-0.2, 0) is 22.6 Å². The Hall–Kier alpha value is -3.22. The summed E-state index contributed by atoms with van der Waals surface area (Å²) in [5.41, 5.74) is 2.29. The molecule has 0 saturated carbocycles. The quantitative estimate of drug-likeness (QED) is 0.885. The molecule has 0 radical (unpaired) electrons. The van der Waals surface area contributed by atoms with Gasteiger partial charge in [-0.15, -0.1) is 0 Å². The topological polar surface area (TPSA) is 69.7 Å². The van der Waals surface area contributed by atoms with Gasteiger partial charge in [0.25, 0.3) is 5.91 Å². The highest BCUT2D eigenvalue weighted by atomic mass is 19.1. The lowest BCUT2D eigenvalue weighted by Crippen LogP contribution is -2.52. The highest BCUT2D eigenvalue weighted by molar-refractivity contribution is 5.98. The molecule has 2 aromatic carbocycles. The molecular weight excluding hydrogens is 361 g/mol. The summed E-state index contributed by atoms with van der Waals surface area (Å²) in [6, 6.07) is 10.4. The molecule has 3 amide bonds. The van der Waals surface area contributed by atoms with Crippen LogP contribution in [0.1, 0.15) is 28.4 Å². The maximum absolute atomic E-state index is 14.2. The first-order valence-corrected chi connectivity index (χ1v) is 8.94. The van der Waals surface area contributed by atoms with E-state index in [2.05, 4.69) is 5.32 Å². The summed E-state index contributed by atoms with van der Waals surface area (Å²) >= 11 is 0. The van der Waals surface area contributed by atoms with Crippen molar-refractivity contribution in [1.82, 2.24) is 9.80 Å². The molecule has 28 heavy (non-hydrogen) atoms. The van der Waals surface area contributed by atoms with E-state index in [1.807, 2.05) is 6.07 Å². The second kappa shape index (κ2) is 7.80.